The van der Waals surface area contributed by atoms with Crippen molar-refractivity contribution in [2.75, 3.05) is 43.0 Å². The van der Waals surface area contributed by atoms with E-state index in [0.29, 0.717) is 38.0 Å². The van der Waals surface area contributed by atoms with Gasteiger partial charge in [-0.25, -0.2) is 9.97 Å². The number of rotatable bonds is 8. The molecule has 274 valence electrons. The first-order valence-electron chi connectivity index (χ1n) is 18.7. The number of aryl methyl sites for hydroxylation is 1. The summed E-state index contributed by atoms with van der Waals surface area (Å²) in [6.45, 7) is 15.3. The number of piperazine rings is 1. The molecule has 1 atom stereocenters. The SMILES string of the molecule is C#CCC.C/C=N\N1C=CC(Oc2ccc(Nc3ncnc4ccc5c(c34)OCC3CN(C(=O)/C=C/C4CC(CC)C4)CCN53)cc2C)=CC1.CC. The van der Waals surface area contributed by atoms with Crippen LogP contribution in [0.2, 0.25) is 0 Å². The van der Waals surface area contributed by atoms with E-state index in [1.807, 2.05) is 87.1 Å². The van der Waals surface area contributed by atoms with Crippen molar-refractivity contribution in [2.45, 2.75) is 73.3 Å². The van der Waals surface area contributed by atoms with E-state index in [1.54, 1.807) is 18.6 Å². The van der Waals surface area contributed by atoms with Crippen LogP contribution in [0.3, 0.4) is 0 Å². The van der Waals surface area contributed by atoms with Crippen molar-refractivity contribution < 1.29 is 14.3 Å². The van der Waals surface area contributed by atoms with Crippen molar-refractivity contribution in [1.82, 2.24) is 19.9 Å². The summed E-state index contributed by atoms with van der Waals surface area (Å²) in [6.07, 6.45) is 22.4. The number of benzene rings is 2. The first kappa shape index (κ1) is 37.9. The Morgan fingerprint density at radius 3 is 2.67 bits per heavy atom. The van der Waals surface area contributed by atoms with Crippen LogP contribution in [0.5, 0.6) is 11.5 Å². The van der Waals surface area contributed by atoms with Gasteiger partial charge in [0.1, 0.15) is 30.3 Å². The number of aromatic nitrogens is 2. The van der Waals surface area contributed by atoms with Crippen molar-refractivity contribution in [3.8, 4) is 23.8 Å². The molecule has 52 heavy (non-hydrogen) atoms. The number of terminal acetylenes is 1. The molecule has 7 rings (SSSR count). The zero-order valence-electron chi connectivity index (χ0n) is 31.5. The molecule has 2 fully saturated rings. The van der Waals surface area contributed by atoms with Crippen LogP contribution < -0.4 is 19.7 Å². The van der Waals surface area contributed by atoms with Crippen LogP contribution in [0, 0.1) is 31.1 Å². The monoisotopic (exact) mass is 703 g/mol. The summed E-state index contributed by atoms with van der Waals surface area (Å²) in [5.74, 6) is 6.95. The topological polar surface area (TPSA) is 95.4 Å². The number of ether oxygens (including phenoxy) is 2. The van der Waals surface area contributed by atoms with Crippen LogP contribution in [0.4, 0.5) is 17.2 Å². The average molecular weight is 704 g/mol. The third-order valence-electron chi connectivity index (χ3n) is 9.64. The van der Waals surface area contributed by atoms with Gasteiger partial charge in [0.25, 0.3) is 0 Å². The molecule has 2 aromatic carbocycles. The van der Waals surface area contributed by atoms with E-state index in [0.717, 1.165) is 64.0 Å². The predicted octanol–water partition coefficient (Wildman–Crippen LogP) is 8.24. The maximum Gasteiger partial charge on any atom is 0.246 e. The van der Waals surface area contributed by atoms with Gasteiger partial charge in [-0.05, 0) is 92.6 Å². The summed E-state index contributed by atoms with van der Waals surface area (Å²) in [6, 6.07) is 10.2. The van der Waals surface area contributed by atoms with Crippen LogP contribution in [0.1, 0.15) is 65.9 Å². The molecule has 1 amide bonds. The largest absolute Gasteiger partial charge is 0.488 e. The lowest BCUT2D eigenvalue weighted by molar-refractivity contribution is -0.127. The number of carbonyl (C=O) groups is 1. The third-order valence-corrected chi connectivity index (χ3v) is 9.64. The van der Waals surface area contributed by atoms with Gasteiger partial charge in [-0.15, -0.1) is 12.3 Å². The van der Waals surface area contributed by atoms with Crippen molar-refractivity contribution in [3.63, 3.8) is 0 Å². The fourth-order valence-electron chi connectivity index (χ4n) is 6.76. The Morgan fingerprint density at radius 2 is 1.98 bits per heavy atom. The highest BCUT2D eigenvalue weighted by Gasteiger charge is 2.36. The number of hydrogen-bond acceptors (Lipinski definition) is 9. The third kappa shape index (κ3) is 8.94. The lowest BCUT2D eigenvalue weighted by Crippen LogP contribution is -2.58. The van der Waals surface area contributed by atoms with Gasteiger partial charge < -0.3 is 24.6 Å². The second-order valence-electron chi connectivity index (χ2n) is 13.0. The van der Waals surface area contributed by atoms with Gasteiger partial charge in [0, 0.05) is 44.2 Å². The number of nitrogens with zero attached hydrogens (tertiary/aromatic N) is 6. The number of allylic oxidation sites excluding steroid dienone is 2. The number of amides is 1. The number of hydrazone groups is 1. The average Bonchev–Trinajstić information content (AvgIpc) is 3.16. The summed E-state index contributed by atoms with van der Waals surface area (Å²) in [5.41, 5.74) is 3.71. The van der Waals surface area contributed by atoms with Crippen molar-refractivity contribution in [1.29, 1.82) is 0 Å². The molecule has 1 aromatic heterocycles. The summed E-state index contributed by atoms with van der Waals surface area (Å²) < 4.78 is 12.6. The lowest BCUT2D eigenvalue weighted by atomic mass is 9.73. The Bertz CT molecular complexity index is 1850. The fourth-order valence-corrected chi connectivity index (χ4v) is 6.76. The number of carbonyl (C=O) groups excluding carboxylic acids is 1. The first-order chi connectivity index (χ1) is 25.4. The molecule has 0 bridgehead atoms. The van der Waals surface area contributed by atoms with Gasteiger partial charge in [0.15, 0.2) is 5.75 Å². The molecule has 1 aliphatic carbocycles. The molecule has 1 saturated carbocycles. The van der Waals surface area contributed by atoms with Crippen LogP contribution in [-0.2, 0) is 4.79 Å². The van der Waals surface area contributed by atoms with Gasteiger partial charge in [-0.2, -0.15) is 5.10 Å². The second kappa shape index (κ2) is 18.3. The molecule has 1 N–H and O–H groups in total. The van der Waals surface area contributed by atoms with Crippen molar-refractivity contribution >= 4 is 40.2 Å². The van der Waals surface area contributed by atoms with Gasteiger partial charge in [-0.3, -0.25) is 9.80 Å². The van der Waals surface area contributed by atoms with E-state index < -0.39 is 0 Å². The standard InChI is InChI=1S/C36H41N7O3.C4H6.C2H6/c1-4-25-19-26(20-25)6-11-33(44)41-16-17-43-28(21-41)22-45-35-31(43)9-8-30-34(35)36(38-23-37-30)40-27-7-10-32(24(3)18-27)46-29-12-14-42(15-13-29)39-5-2;1-3-4-2;1-2/h5-14,18,23,25-26,28H,4,15-17,19-22H2,1-3H3,(H,37,38,40);1H,4H2,2H3;1-2H3/b11-6+,39-5-;;. The Kier molecular flexibility index (Phi) is 13.3. The fraction of sp³-hybridized carbons (Fsp3) is 0.429. The van der Waals surface area contributed by atoms with Gasteiger partial charge in [0.05, 0.1) is 29.2 Å². The Hall–Kier alpha value is -5.30. The maximum atomic E-state index is 13.0. The smallest absolute Gasteiger partial charge is 0.246 e. The minimum atomic E-state index is 0.0945. The molecular weight excluding hydrogens is 651 g/mol. The molecule has 1 saturated heterocycles. The zero-order valence-corrected chi connectivity index (χ0v) is 31.5. The summed E-state index contributed by atoms with van der Waals surface area (Å²) in [4.78, 5) is 26.5. The van der Waals surface area contributed by atoms with Crippen molar-refractivity contribution in [3.05, 3.63) is 78.5 Å². The molecule has 4 heterocycles. The Morgan fingerprint density at radius 1 is 1.17 bits per heavy atom. The van der Waals surface area contributed by atoms with Crippen LogP contribution in [0.25, 0.3) is 10.9 Å². The molecule has 1 unspecified atom stereocenters. The Labute approximate surface area is 309 Å². The minimum Gasteiger partial charge on any atom is -0.488 e. The summed E-state index contributed by atoms with van der Waals surface area (Å²) in [7, 11) is 0. The predicted molar refractivity (Wildman–Crippen MR) is 212 cm³/mol. The van der Waals surface area contributed by atoms with E-state index in [4.69, 9.17) is 15.9 Å². The zero-order chi connectivity index (χ0) is 37.0. The second-order valence-corrected chi connectivity index (χ2v) is 13.0. The molecule has 3 aliphatic heterocycles. The molecule has 10 heteroatoms. The normalized spacial score (nSPS) is 20.3. The van der Waals surface area contributed by atoms with E-state index in [1.165, 1.54) is 19.3 Å². The van der Waals surface area contributed by atoms with E-state index in [-0.39, 0.29) is 11.9 Å². The van der Waals surface area contributed by atoms with Gasteiger partial charge in [-0.1, -0.05) is 40.2 Å². The minimum absolute atomic E-state index is 0.0945. The quantitative estimate of drug-likeness (QED) is 0.143. The molecule has 3 aromatic rings. The van der Waals surface area contributed by atoms with E-state index in [9.17, 15) is 4.79 Å². The number of anilines is 3. The van der Waals surface area contributed by atoms with E-state index >= 15 is 0 Å². The van der Waals surface area contributed by atoms with Crippen LogP contribution in [-0.4, -0.2) is 70.8 Å². The molecule has 4 aliphatic rings. The highest BCUT2D eigenvalue weighted by atomic mass is 16.5. The summed E-state index contributed by atoms with van der Waals surface area (Å²) >= 11 is 0. The number of hydrogen-bond donors (Lipinski definition) is 1. The van der Waals surface area contributed by atoms with Gasteiger partial charge in [0.2, 0.25) is 5.91 Å². The van der Waals surface area contributed by atoms with Crippen molar-refractivity contribution in [2.24, 2.45) is 16.9 Å². The lowest BCUT2D eigenvalue weighted by Gasteiger charge is -2.45. The molecule has 0 spiro atoms. The highest BCUT2D eigenvalue weighted by Crippen LogP contribution is 2.43. The molecule has 10 nitrogen and oxygen atoms in total. The maximum absolute atomic E-state index is 13.0. The highest BCUT2D eigenvalue weighted by molar-refractivity contribution is 6.00. The molecule has 0 radical (unpaired) electrons. The van der Waals surface area contributed by atoms with E-state index in [2.05, 4.69) is 50.3 Å². The van der Waals surface area contributed by atoms with Crippen LogP contribution >= 0.6 is 0 Å². The first-order valence-corrected chi connectivity index (χ1v) is 18.7. The van der Waals surface area contributed by atoms with Crippen LogP contribution in [0.15, 0.2) is 78.0 Å². The van der Waals surface area contributed by atoms with Gasteiger partial charge >= 0.3 is 0 Å². The number of nitrogens with one attached hydrogen (secondary N) is 1. The Balaban J connectivity index is 0.000000817. The molecular formula is C42H53N7O3. The number of fused-ring (bicyclic) bond motifs is 5. The summed E-state index contributed by atoms with van der Waals surface area (Å²) in [5, 5.41) is 10.5.